The fourth-order valence-electron chi connectivity index (χ4n) is 3.07. The number of aryl methyl sites for hydroxylation is 1. The minimum Gasteiger partial charge on any atom is -0.497 e. The number of methoxy groups -OCH3 is 1. The van der Waals surface area contributed by atoms with Crippen molar-refractivity contribution in [3.8, 4) is 28.7 Å². The van der Waals surface area contributed by atoms with Crippen molar-refractivity contribution in [3.05, 3.63) is 70.7 Å². The highest BCUT2D eigenvalue weighted by molar-refractivity contribution is 7.13. The first-order chi connectivity index (χ1) is 13.2. The molecule has 4 nitrogen and oxygen atoms in total. The van der Waals surface area contributed by atoms with E-state index in [1.54, 1.807) is 18.4 Å². The Kier molecular flexibility index (Phi) is 4.57. The molecule has 3 heterocycles. The lowest BCUT2D eigenvalue weighted by molar-refractivity contribution is 0.414. The smallest absolute Gasteiger partial charge is 0.142 e. The third-order valence-electron chi connectivity index (χ3n) is 4.50. The van der Waals surface area contributed by atoms with Crippen molar-refractivity contribution < 1.29 is 4.74 Å². The Bertz CT molecular complexity index is 1130. The van der Waals surface area contributed by atoms with E-state index in [4.69, 9.17) is 16.1 Å². The van der Waals surface area contributed by atoms with Crippen LogP contribution in [0.2, 0.25) is 0 Å². The Hall–Kier alpha value is -3.23. The van der Waals surface area contributed by atoms with Crippen LogP contribution in [-0.2, 0) is 6.54 Å². The molecule has 0 saturated carbocycles. The number of hydrogen-bond donors (Lipinski definition) is 1. The molecule has 5 heteroatoms. The second-order valence-corrected chi connectivity index (χ2v) is 7.12. The summed E-state index contributed by atoms with van der Waals surface area (Å²) in [6.45, 7) is 2.74. The van der Waals surface area contributed by atoms with Crippen LogP contribution >= 0.6 is 11.3 Å². The fourth-order valence-corrected chi connectivity index (χ4v) is 3.91. The molecule has 0 radical (unpaired) electrons. The number of nitrogens with zero attached hydrogens (tertiary/aromatic N) is 2. The van der Waals surface area contributed by atoms with Crippen molar-refractivity contribution in [2.45, 2.75) is 13.5 Å². The number of ether oxygens (including phenoxy) is 1. The van der Waals surface area contributed by atoms with E-state index in [9.17, 15) is 0 Å². The van der Waals surface area contributed by atoms with Crippen molar-refractivity contribution in [1.82, 2.24) is 9.38 Å². The highest BCUT2D eigenvalue weighted by atomic mass is 32.1. The molecular weight excluding hydrogens is 354 g/mol. The van der Waals surface area contributed by atoms with Gasteiger partial charge in [0, 0.05) is 18.3 Å². The Morgan fingerprint density at radius 2 is 2.04 bits per heavy atom. The fraction of sp³-hybridized carbons (Fsp3) is 0.136. The van der Waals surface area contributed by atoms with Gasteiger partial charge in [0.05, 0.1) is 12.0 Å². The lowest BCUT2D eigenvalue weighted by atomic mass is 10.2. The second kappa shape index (κ2) is 7.18. The SMILES string of the molecule is C#Cc1ccsc1-c1nc2c(C)cccn2c1NCc1ccc(OC)cc1. The van der Waals surface area contributed by atoms with E-state index in [2.05, 4.69) is 40.8 Å². The van der Waals surface area contributed by atoms with Crippen LogP contribution in [0.4, 0.5) is 5.82 Å². The van der Waals surface area contributed by atoms with Crippen LogP contribution in [0.3, 0.4) is 0 Å². The molecule has 0 aliphatic rings. The van der Waals surface area contributed by atoms with Crippen molar-refractivity contribution in [2.75, 3.05) is 12.4 Å². The summed E-state index contributed by atoms with van der Waals surface area (Å²) in [5.74, 6) is 4.56. The number of thiophene rings is 1. The molecule has 27 heavy (non-hydrogen) atoms. The van der Waals surface area contributed by atoms with Gasteiger partial charge in [0.15, 0.2) is 0 Å². The zero-order valence-electron chi connectivity index (χ0n) is 15.2. The summed E-state index contributed by atoms with van der Waals surface area (Å²) in [5.41, 5.74) is 4.97. The molecule has 0 amide bonds. The number of fused-ring (bicyclic) bond motifs is 1. The standard InChI is InChI=1S/C22H19N3OS/c1-4-17-11-13-27-20(17)19-22(25-12-5-6-15(2)21(25)24-19)23-14-16-7-9-18(26-3)10-8-16/h1,5-13,23H,14H2,2-3H3. The number of anilines is 1. The van der Waals surface area contributed by atoms with E-state index in [0.29, 0.717) is 6.54 Å². The number of nitrogens with one attached hydrogen (secondary N) is 1. The van der Waals surface area contributed by atoms with Crippen LogP contribution < -0.4 is 10.1 Å². The number of benzene rings is 1. The Morgan fingerprint density at radius 3 is 2.78 bits per heavy atom. The Balaban J connectivity index is 1.77. The van der Waals surface area contributed by atoms with Crippen LogP contribution in [0.15, 0.2) is 54.0 Å². The number of aromatic nitrogens is 2. The molecule has 0 spiro atoms. The monoisotopic (exact) mass is 373 g/mol. The van der Waals surface area contributed by atoms with Gasteiger partial charge in [-0.1, -0.05) is 24.1 Å². The van der Waals surface area contributed by atoms with Crippen LogP contribution in [0.5, 0.6) is 5.75 Å². The molecule has 0 atom stereocenters. The van der Waals surface area contributed by atoms with E-state index in [0.717, 1.165) is 44.5 Å². The van der Waals surface area contributed by atoms with Gasteiger partial charge >= 0.3 is 0 Å². The van der Waals surface area contributed by atoms with Crippen LogP contribution in [-0.4, -0.2) is 16.5 Å². The predicted molar refractivity (Wildman–Crippen MR) is 111 cm³/mol. The van der Waals surface area contributed by atoms with E-state index in [1.807, 2.05) is 35.8 Å². The van der Waals surface area contributed by atoms with Crippen molar-refractivity contribution in [1.29, 1.82) is 0 Å². The molecule has 4 rings (SSSR count). The molecule has 4 aromatic rings. The maximum Gasteiger partial charge on any atom is 0.142 e. The summed E-state index contributed by atoms with van der Waals surface area (Å²) in [6.07, 6.45) is 7.71. The third-order valence-corrected chi connectivity index (χ3v) is 5.42. The average Bonchev–Trinajstić information content (AvgIpc) is 3.31. The largest absolute Gasteiger partial charge is 0.497 e. The molecule has 1 N–H and O–H groups in total. The molecule has 0 aliphatic heterocycles. The summed E-state index contributed by atoms with van der Waals surface area (Å²) in [7, 11) is 1.67. The number of imidazole rings is 1. The van der Waals surface area contributed by atoms with E-state index < -0.39 is 0 Å². The number of hydrogen-bond acceptors (Lipinski definition) is 4. The minimum atomic E-state index is 0.676. The van der Waals surface area contributed by atoms with Crippen molar-refractivity contribution in [2.24, 2.45) is 0 Å². The van der Waals surface area contributed by atoms with Crippen LogP contribution in [0, 0.1) is 19.3 Å². The maximum absolute atomic E-state index is 5.69. The Labute approximate surface area is 162 Å². The van der Waals surface area contributed by atoms with E-state index in [1.165, 1.54) is 0 Å². The lowest BCUT2D eigenvalue weighted by Gasteiger charge is -2.09. The van der Waals surface area contributed by atoms with Crippen molar-refractivity contribution in [3.63, 3.8) is 0 Å². The quantitative estimate of drug-likeness (QED) is 0.502. The molecule has 1 aromatic carbocycles. The molecule has 3 aromatic heterocycles. The van der Waals surface area contributed by atoms with Gasteiger partial charge in [-0.25, -0.2) is 4.98 Å². The number of terminal acetylenes is 1. The highest BCUT2D eigenvalue weighted by Crippen LogP contribution is 2.35. The molecule has 0 saturated heterocycles. The van der Waals surface area contributed by atoms with E-state index in [-0.39, 0.29) is 0 Å². The molecule has 0 unspecified atom stereocenters. The summed E-state index contributed by atoms with van der Waals surface area (Å²) >= 11 is 1.61. The van der Waals surface area contributed by atoms with E-state index >= 15 is 0 Å². The van der Waals surface area contributed by atoms with Crippen LogP contribution in [0.1, 0.15) is 16.7 Å². The summed E-state index contributed by atoms with van der Waals surface area (Å²) in [6, 6.07) is 14.1. The summed E-state index contributed by atoms with van der Waals surface area (Å²) in [4.78, 5) is 5.91. The highest BCUT2D eigenvalue weighted by Gasteiger charge is 2.18. The van der Waals surface area contributed by atoms with Gasteiger partial charge in [-0.3, -0.25) is 4.40 Å². The molecular formula is C22H19N3OS. The zero-order chi connectivity index (χ0) is 18.8. The maximum atomic E-state index is 5.69. The normalized spacial score (nSPS) is 10.7. The molecule has 0 aliphatic carbocycles. The van der Waals surface area contributed by atoms with Crippen molar-refractivity contribution >= 4 is 22.8 Å². The van der Waals surface area contributed by atoms with Gasteiger partial charge in [-0.05, 0) is 47.7 Å². The Morgan fingerprint density at radius 1 is 1.22 bits per heavy atom. The second-order valence-electron chi connectivity index (χ2n) is 6.20. The topological polar surface area (TPSA) is 38.6 Å². The molecule has 0 fully saturated rings. The molecule has 0 bridgehead atoms. The average molecular weight is 373 g/mol. The molecule has 134 valence electrons. The first kappa shape index (κ1) is 17.2. The van der Waals surface area contributed by atoms with Gasteiger partial charge in [0.25, 0.3) is 0 Å². The minimum absolute atomic E-state index is 0.676. The van der Waals surface area contributed by atoms with Crippen LogP contribution in [0.25, 0.3) is 16.2 Å². The predicted octanol–water partition coefficient (Wildman–Crippen LogP) is 4.97. The van der Waals surface area contributed by atoms with Gasteiger partial charge in [0.2, 0.25) is 0 Å². The summed E-state index contributed by atoms with van der Waals surface area (Å²) in [5, 5.41) is 5.56. The first-order valence-corrected chi connectivity index (χ1v) is 9.48. The number of pyridine rings is 1. The number of rotatable bonds is 5. The van der Waals surface area contributed by atoms with Gasteiger partial charge in [0.1, 0.15) is 22.9 Å². The van der Waals surface area contributed by atoms with Gasteiger partial charge in [-0.2, -0.15) is 0 Å². The summed E-state index contributed by atoms with van der Waals surface area (Å²) < 4.78 is 7.32. The van der Waals surface area contributed by atoms with Gasteiger partial charge < -0.3 is 10.1 Å². The van der Waals surface area contributed by atoms with Gasteiger partial charge in [-0.15, -0.1) is 17.8 Å². The lowest BCUT2D eigenvalue weighted by Crippen LogP contribution is -2.03. The first-order valence-electron chi connectivity index (χ1n) is 8.60. The third kappa shape index (κ3) is 3.16. The zero-order valence-corrected chi connectivity index (χ0v) is 16.0.